The third-order valence-electron chi connectivity index (χ3n) is 4.72. The molecule has 0 saturated carbocycles. The van der Waals surface area contributed by atoms with Crippen LogP contribution in [0.25, 0.3) is 0 Å². The van der Waals surface area contributed by atoms with E-state index in [4.69, 9.17) is 18.9 Å². The molecule has 1 atom stereocenters. The maximum Gasteiger partial charge on any atom is 0.333 e. The largest absolute Gasteiger partial charge is 0.462 e. The molecule has 5 nitrogen and oxygen atoms in total. The van der Waals surface area contributed by atoms with Gasteiger partial charge in [-0.1, -0.05) is 52.0 Å². The average Bonchev–Trinajstić information content (AvgIpc) is 2.66. The molecule has 0 bridgehead atoms. The first-order valence-electron chi connectivity index (χ1n) is 11.2. The Kier molecular flexibility index (Phi) is 16.4. The molecule has 5 heteroatoms. The quantitative estimate of drug-likeness (QED) is 0.115. The second-order valence-corrected chi connectivity index (χ2v) is 7.21. The van der Waals surface area contributed by atoms with Crippen LogP contribution in [-0.4, -0.2) is 38.4 Å². The van der Waals surface area contributed by atoms with E-state index in [1.165, 1.54) is 32.1 Å². The zero-order valence-electron chi connectivity index (χ0n) is 19.0. The zero-order valence-corrected chi connectivity index (χ0v) is 19.0. The summed E-state index contributed by atoms with van der Waals surface area (Å²) >= 11 is 0. The Bertz CT molecular complexity index is 391. The van der Waals surface area contributed by atoms with Crippen LogP contribution in [0.15, 0.2) is 12.2 Å². The van der Waals surface area contributed by atoms with Crippen LogP contribution in [0.1, 0.15) is 92.4 Å². The maximum atomic E-state index is 11.6. The maximum absolute atomic E-state index is 11.6. The predicted octanol–water partition coefficient (Wildman–Crippen LogP) is 6.02. The van der Waals surface area contributed by atoms with Gasteiger partial charge in [0.15, 0.2) is 0 Å². The van der Waals surface area contributed by atoms with Gasteiger partial charge in [-0.2, -0.15) is 0 Å². The second kappa shape index (κ2) is 17.0. The van der Waals surface area contributed by atoms with E-state index < -0.39 is 5.97 Å². The average molecular weight is 401 g/mol. The van der Waals surface area contributed by atoms with E-state index in [-0.39, 0.29) is 11.9 Å². The van der Waals surface area contributed by atoms with Crippen LogP contribution in [0, 0.1) is 5.92 Å². The lowest BCUT2D eigenvalue weighted by Crippen LogP contribution is -2.47. The molecule has 0 aliphatic heterocycles. The van der Waals surface area contributed by atoms with Crippen LogP contribution in [0.5, 0.6) is 0 Å². The normalized spacial score (nSPS) is 12.8. The molecule has 0 aromatic carbocycles. The molecule has 0 rings (SSSR count). The highest BCUT2D eigenvalue weighted by Gasteiger charge is 2.41. The van der Waals surface area contributed by atoms with E-state index in [2.05, 4.69) is 13.5 Å². The highest BCUT2D eigenvalue weighted by molar-refractivity contribution is 5.86. The molecule has 0 saturated heterocycles. The number of hydrogen-bond donors (Lipinski definition) is 0. The lowest BCUT2D eigenvalue weighted by Gasteiger charge is -2.39. The van der Waals surface area contributed by atoms with E-state index in [0.29, 0.717) is 32.0 Å². The number of carbonyl (C=O) groups excluding carboxylic acids is 1. The van der Waals surface area contributed by atoms with E-state index >= 15 is 0 Å². The third kappa shape index (κ3) is 11.2. The van der Waals surface area contributed by atoms with Crippen LogP contribution >= 0.6 is 0 Å². The monoisotopic (exact) mass is 400 g/mol. The summed E-state index contributed by atoms with van der Waals surface area (Å²) in [6.45, 7) is 15.3. The fraction of sp³-hybridized carbons (Fsp3) is 0.870. The Morgan fingerprint density at radius 1 is 0.821 bits per heavy atom. The zero-order chi connectivity index (χ0) is 21.3. The molecule has 0 amide bonds. The van der Waals surface area contributed by atoms with E-state index in [1.807, 2.05) is 20.8 Å². The van der Waals surface area contributed by atoms with Gasteiger partial charge in [0.2, 0.25) is 0 Å². The van der Waals surface area contributed by atoms with Crippen molar-refractivity contribution < 1.29 is 23.7 Å². The van der Waals surface area contributed by atoms with Crippen molar-refractivity contribution in [3.63, 3.8) is 0 Å². The topological polar surface area (TPSA) is 54.0 Å². The standard InChI is InChI=1S/C23H44O5/c1-7-11-12-13-14-15-17-21(18-16-19-25-22(24)20(5)6)23(26-8-2,27-9-3)28-10-4/h21H,5,7-19H2,1-4,6H3. The molecule has 28 heavy (non-hydrogen) atoms. The van der Waals surface area contributed by atoms with E-state index in [1.54, 1.807) is 6.92 Å². The first-order valence-corrected chi connectivity index (χ1v) is 11.2. The molecule has 0 spiro atoms. The van der Waals surface area contributed by atoms with Gasteiger partial charge in [0.1, 0.15) is 0 Å². The molecule has 0 radical (unpaired) electrons. The number of unbranched alkanes of at least 4 members (excludes halogenated alkanes) is 5. The molecule has 0 aliphatic rings. The van der Waals surface area contributed by atoms with Crippen molar-refractivity contribution in [3.05, 3.63) is 12.2 Å². The highest BCUT2D eigenvalue weighted by Crippen LogP contribution is 2.34. The van der Waals surface area contributed by atoms with E-state index in [9.17, 15) is 4.79 Å². The van der Waals surface area contributed by atoms with Crippen LogP contribution in [0.2, 0.25) is 0 Å². The van der Waals surface area contributed by atoms with Crippen molar-refractivity contribution in [3.8, 4) is 0 Å². The molecular weight excluding hydrogens is 356 g/mol. The van der Waals surface area contributed by atoms with Gasteiger partial charge < -0.3 is 18.9 Å². The minimum absolute atomic E-state index is 0.0991. The smallest absolute Gasteiger partial charge is 0.333 e. The number of hydrogen-bond acceptors (Lipinski definition) is 5. The Morgan fingerprint density at radius 3 is 1.82 bits per heavy atom. The summed E-state index contributed by atoms with van der Waals surface area (Å²) in [7, 11) is 0. The van der Waals surface area contributed by atoms with Crippen molar-refractivity contribution in [2.75, 3.05) is 26.4 Å². The fourth-order valence-corrected chi connectivity index (χ4v) is 3.37. The summed E-state index contributed by atoms with van der Waals surface area (Å²) in [5.41, 5.74) is 0.427. The van der Waals surface area contributed by atoms with Crippen LogP contribution in [0.3, 0.4) is 0 Å². The number of rotatable bonds is 19. The predicted molar refractivity (Wildman–Crippen MR) is 114 cm³/mol. The van der Waals surface area contributed by atoms with Crippen molar-refractivity contribution in [1.29, 1.82) is 0 Å². The van der Waals surface area contributed by atoms with Crippen molar-refractivity contribution in [2.45, 2.75) is 98.4 Å². The Hall–Kier alpha value is -0.910. The molecule has 166 valence electrons. The molecule has 0 aromatic rings. The van der Waals surface area contributed by atoms with Gasteiger partial charge in [0, 0.05) is 31.3 Å². The van der Waals surface area contributed by atoms with Gasteiger partial charge in [-0.05, 0) is 47.0 Å². The first kappa shape index (κ1) is 27.1. The number of carbonyl (C=O) groups is 1. The Morgan fingerprint density at radius 2 is 1.32 bits per heavy atom. The summed E-state index contributed by atoms with van der Waals surface area (Å²) in [5.74, 6) is -1.25. The second-order valence-electron chi connectivity index (χ2n) is 7.21. The molecule has 1 unspecified atom stereocenters. The van der Waals surface area contributed by atoms with Crippen molar-refractivity contribution in [2.24, 2.45) is 5.92 Å². The Labute approximate surface area is 173 Å². The Balaban J connectivity index is 4.89. The summed E-state index contributed by atoms with van der Waals surface area (Å²) in [4.78, 5) is 11.6. The van der Waals surface area contributed by atoms with Crippen molar-refractivity contribution >= 4 is 5.97 Å². The van der Waals surface area contributed by atoms with Gasteiger partial charge in [0.05, 0.1) is 6.61 Å². The van der Waals surface area contributed by atoms with E-state index in [0.717, 1.165) is 25.7 Å². The number of esters is 1. The van der Waals surface area contributed by atoms with Gasteiger partial charge in [-0.3, -0.25) is 0 Å². The lowest BCUT2D eigenvalue weighted by atomic mass is 9.93. The van der Waals surface area contributed by atoms with Crippen LogP contribution in [-0.2, 0) is 23.7 Å². The number of ether oxygens (including phenoxy) is 4. The minimum Gasteiger partial charge on any atom is -0.462 e. The summed E-state index contributed by atoms with van der Waals surface area (Å²) in [5, 5.41) is 0. The third-order valence-corrected chi connectivity index (χ3v) is 4.72. The SMILES string of the molecule is C=C(C)C(=O)OCCCC(CCCCCCCC)C(OCC)(OCC)OCC. The van der Waals surface area contributed by atoms with Crippen LogP contribution < -0.4 is 0 Å². The molecule has 0 heterocycles. The minimum atomic E-state index is -1.01. The van der Waals surface area contributed by atoms with Gasteiger partial charge >= 0.3 is 5.97 Å². The first-order chi connectivity index (χ1) is 13.5. The molecule has 0 aromatic heterocycles. The van der Waals surface area contributed by atoms with Gasteiger partial charge in [-0.15, -0.1) is 0 Å². The molecule has 0 fully saturated rings. The molecular formula is C23H44O5. The summed E-state index contributed by atoms with van der Waals surface area (Å²) in [6.07, 6.45) is 9.99. The summed E-state index contributed by atoms with van der Waals surface area (Å²) < 4.78 is 23.3. The molecule has 0 aliphatic carbocycles. The van der Waals surface area contributed by atoms with Gasteiger partial charge in [0.25, 0.3) is 5.97 Å². The highest BCUT2D eigenvalue weighted by atomic mass is 16.9. The molecule has 0 N–H and O–H groups in total. The van der Waals surface area contributed by atoms with Gasteiger partial charge in [-0.25, -0.2) is 4.79 Å². The lowest BCUT2D eigenvalue weighted by molar-refractivity contribution is -0.403. The summed E-state index contributed by atoms with van der Waals surface area (Å²) in [6, 6.07) is 0. The van der Waals surface area contributed by atoms with Crippen molar-refractivity contribution in [1.82, 2.24) is 0 Å². The fourth-order valence-electron chi connectivity index (χ4n) is 3.37. The van der Waals surface area contributed by atoms with Crippen LogP contribution in [0.4, 0.5) is 0 Å².